The molecule has 0 radical (unpaired) electrons. The SMILES string of the molecule is COCCNC(=O)C(=O)N/N=C/c1cccnc1. The highest BCUT2D eigenvalue weighted by molar-refractivity contribution is 6.35. The van der Waals surface area contributed by atoms with E-state index in [2.05, 4.69) is 20.8 Å². The smallest absolute Gasteiger partial charge is 0.329 e. The number of nitrogens with one attached hydrogen (secondary N) is 2. The normalized spacial score (nSPS) is 10.3. The van der Waals surface area contributed by atoms with Gasteiger partial charge in [0.15, 0.2) is 0 Å². The molecule has 0 atom stereocenters. The van der Waals surface area contributed by atoms with Crippen molar-refractivity contribution in [2.75, 3.05) is 20.3 Å². The zero-order valence-corrected chi connectivity index (χ0v) is 9.92. The minimum atomic E-state index is -0.828. The molecule has 1 aromatic rings. The van der Waals surface area contributed by atoms with Crippen molar-refractivity contribution in [2.24, 2.45) is 5.10 Å². The monoisotopic (exact) mass is 250 g/mol. The fourth-order valence-corrected chi connectivity index (χ4v) is 1.02. The van der Waals surface area contributed by atoms with Crippen LogP contribution >= 0.6 is 0 Å². The third kappa shape index (κ3) is 5.17. The predicted molar refractivity (Wildman–Crippen MR) is 64.9 cm³/mol. The summed E-state index contributed by atoms with van der Waals surface area (Å²) in [7, 11) is 1.50. The molecular formula is C11H14N4O3. The van der Waals surface area contributed by atoms with Crippen molar-refractivity contribution < 1.29 is 14.3 Å². The molecule has 2 N–H and O–H groups in total. The van der Waals surface area contributed by atoms with Crippen molar-refractivity contribution in [3.05, 3.63) is 30.1 Å². The van der Waals surface area contributed by atoms with Gasteiger partial charge in [0.05, 0.1) is 12.8 Å². The van der Waals surface area contributed by atoms with Crippen molar-refractivity contribution in [1.29, 1.82) is 0 Å². The van der Waals surface area contributed by atoms with Crippen molar-refractivity contribution in [2.45, 2.75) is 0 Å². The number of hydrogen-bond donors (Lipinski definition) is 2. The summed E-state index contributed by atoms with van der Waals surface area (Å²) in [5, 5.41) is 6.00. The Bertz CT molecular complexity index is 420. The van der Waals surface area contributed by atoms with Gasteiger partial charge in [-0.2, -0.15) is 5.10 Å². The molecule has 0 aliphatic rings. The summed E-state index contributed by atoms with van der Waals surface area (Å²) in [5.74, 6) is -1.58. The number of hydrazone groups is 1. The summed E-state index contributed by atoms with van der Waals surface area (Å²) in [6.07, 6.45) is 4.60. The van der Waals surface area contributed by atoms with Crippen LogP contribution < -0.4 is 10.7 Å². The third-order valence-corrected chi connectivity index (χ3v) is 1.86. The van der Waals surface area contributed by atoms with E-state index < -0.39 is 11.8 Å². The zero-order valence-electron chi connectivity index (χ0n) is 9.92. The summed E-state index contributed by atoms with van der Waals surface area (Å²) in [6.45, 7) is 0.618. The molecule has 0 aliphatic heterocycles. The number of nitrogens with zero attached hydrogens (tertiary/aromatic N) is 2. The van der Waals surface area contributed by atoms with Crippen LogP contribution in [0.4, 0.5) is 0 Å². The number of methoxy groups -OCH3 is 1. The molecule has 0 fully saturated rings. The van der Waals surface area contributed by atoms with Crippen LogP contribution in [0.2, 0.25) is 0 Å². The van der Waals surface area contributed by atoms with E-state index >= 15 is 0 Å². The molecular weight excluding hydrogens is 236 g/mol. The highest BCUT2D eigenvalue weighted by atomic mass is 16.5. The maximum absolute atomic E-state index is 11.2. The van der Waals surface area contributed by atoms with E-state index in [0.29, 0.717) is 6.61 Å². The van der Waals surface area contributed by atoms with Gasteiger partial charge >= 0.3 is 11.8 Å². The summed E-state index contributed by atoms with van der Waals surface area (Å²) < 4.78 is 4.73. The van der Waals surface area contributed by atoms with Crippen molar-refractivity contribution in [1.82, 2.24) is 15.7 Å². The van der Waals surface area contributed by atoms with Gasteiger partial charge in [-0.3, -0.25) is 14.6 Å². The number of aromatic nitrogens is 1. The Labute approximate surface area is 104 Å². The number of pyridine rings is 1. The number of hydrogen-bond acceptors (Lipinski definition) is 5. The highest BCUT2D eigenvalue weighted by Gasteiger charge is 2.10. The topological polar surface area (TPSA) is 92.7 Å². The van der Waals surface area contributed by atoms with Crippen molar-refractivity contribution >= 4 is 18.0 Å². The fourth-order valence-electron chi connectivity index (χ4n) is 1.02. The highest BCUT2D eigenvalue weighted by Crippen LogP contribution is 1.89. The van der Waals surface area contributed by atoms with Crippen LogP contribution in [-0.4, -0.2) is 43.3 Å². The lowest BCUT2D eigenvalue weighted by molar-refractivity contribution is -0.139. The number of rotatable bonds is 5. The Balaban J connectivity index is 2.32. The van der Waals surface area contributed by atoms with Gasteiger partial charge in [0.1, 0.15) is 0 Å². The Hall–Kier alpha value is -2.28. The quantitative estimate of drug-likeness (QED) is 0.312. The summed E-state index contributed by atoms with van der Waals surface area (Å²) in [4.78, 5) is 26.3. The fraction of sp³-hybridized carbons (Fsp3) is 0.273. The van der Waals surface area contributed by atoms with E-state index in [-0.39, 0.29) is 6.54 Å². The van der Waals surface area contributed by atoms with Crippen LogP contribution in [0.25, 0.3) is 0 Å². The Morgan fingerprint density at radius 2 is 2.33 bits per heavy atom. The largest absolute Gasteiger partial charge is 0.383 e. The van der Waals surface area contributed by atoms with Crippen LogP contribution in [0, 0.1) is 0 Å². The molecule has 0 unspecified atom stereocenters. The van der Waals surface area contributed by atoms with Crippen LogP contribution in [0.3, 0.4) is 0 Å². The van der Waals surface area contributed by atoms with Gasteiger partial charge in [-0.05, 0) is 6.07 Å². The van der Waals surface area contributed by atoms with Crippen molar-refractivity contribution in [3.63, 3.8) is 0 Å². The molecule has 2 amide bonds. The van der Waals surface area contributed by atoms with Gasteiger partial charge < -0.3 is 10.1 Å². The number of amides is 2. The molecule has 18 heavy (non-hydrogen) atoms. The molecule has 1 heterocycles. The van der Waals surface area contributed by atoms with Gasteiger partial charge in [0.25, 0.3) is 0 Å². The third-order valence-electron chi connectivity index (χ3n) is 1.86. The Morgan fingerprint density at radius 1 is 1.50 bits per heavy atom. The molecule has 0 aromatic carbocycles. The number of ether oxygens (including phenoxy) is 1. The molecule has 0 aliphatic carbocycles. The first-order valence-electron chi connectivity index (χ1n) is 5.24. The van der Waals surface area contributed by atoms with E-state index in [1.807, 2.05) is 0 Å². The van der Waals surface area contributed by atoms with Crippen LogP contribution in [0.15, 0.2) is 29.6 Å². The van der Waals surface area contributed by atoms with Crippen molar-refractivity contribution in [3.8, 4) is 0 Å². The second-order valence-electron chi connectivity index (χ2n) is 3.23. The molecule has 7 heteroatoms. The summed E-state index contributed by atoms with van der Waals surface area (Å²) >= 11 is 0. The zero-order chi connectivity index (χ0) is 13.2. The van der Waals surface area contributed by atoms with E-state index in [1.165, 1.54) is 13.3 Å². The molecule has 1 aromatic heterocycles. The second-order valence-corrected chi connectivity index (χ2v) is 3.23. The Morgan fingerprint density at radius 3 is 3.00 bits per heavy atom. The predicted octanol–water partition coefficient (Wildman–Crippen LogP) is -0.706. The van der Waals surface area contributed by atoms with Gasteiger partial charge in [0.2, 0.25) is 0 Å². The molecule has 0 saturated carbocycles. The lowest BCUT2D eigenvalue weighted by Gasteiger charge is -2.02. The molecule has 7 nitrogen and oxygen atoms in total. The lowest BCUT2D eigenvalue weighted by Crippen LogP contribution is -2.39. The van der Waals surface area contributed by atoms with Gasteiger partial charge in [-0.25, -0.2) is 5.43 Å². The van der Waals surface area contributed by atoms with Gasteiger partial charge in [-0.15, -0.1) is 0 Å². The average Bonchev–Trinajstić information content (AvgIpc) is 2.40. The summed E-state index contributed by atoms with van der Waals surface area (Å²) in [5.41, 5.74) is 2.83. The average molecular weight is 250 g/mol. The molecule has 1 rings (SSSR count). The second kappa shape index (κ2) is 7.91. The van der Waals surface area contributed by atoms with Gasteiger partial charge in [0, 0.05) is 31.6 Å². The minimum absolute atomic E-state index is 0.273. The minimum Gasteiger partial charge on any atom is -0.383 e. The summed E-state index contributed by atoms with van der Waals surface area (Å²) in [6, 6.07) is 3.50. The Kier molecular flexibility index (Phi) is 6.05. The van der Waals surface area contributed by atoms with Crippen LogP contribution in [0.5, 0.6) is 0 Å². The molecule has 0 bridgehead atoms. The number of carbonyl (C=O) groups excluding carboxylic acids is 2. The molecule has 0 saturated heterocycles. The molecule has 0 spiro atoms. The molecule has 96 valence electrons. The maximum Gasteiger partial charge on any atom is 0.329 e. The standard InChI is InChI=1S/C11H14N4O3/c1-18-6-5-13-10(16)11(17)15-14-8-9-3-2-4-12-7-9/h2-4,7-8H,5-6H2,1H3,(H,13,16)(H,15,17)/b14-8+. The number of carbonyl (C=O) groups is 2. The van der Waals surface area contributed by atoms with Gasteiger partial charge in [-0.1, -0.05) is 6.07 Å². The van der Waals surface area contributed by atoms with Crippen LogP contribution in [-0.2, 0) is 14.3 Å². The van der Waals surface area contributed by atoms with E-state index in [9.17, 15) is 9.59 Å². The first kappa shape index (κ1) is 13.8. The first-order chi connectivity index (χ1) is 8.74. The maximum atomic E-state index is 11.2. The van der Waals surface area contributed by atoms with E-state index in [1.54, 1.807) is 24.5 Å². The van der Waals surface area contributed by atoms with E-state index in [4.69, 9.17) is 4.74 Å². The van der Waals surface area contributed by atoms with E-state index in [0.717, 1.165) is 5.56 Å². The van der Waals surface area contributed by atoms with Crippen LogP contribution in [0.1, 0.15) is 5.56 Å². The first-order valence-corrected chi connectivity index (χ1v) is 5.24. The lowest BCUT2D eigenvalue weighted by atomic mass is 10.3.